The van der Waals surface area contributed by atoms with E-state index in [0.29, 0.717) is 0 Å². The first-order valence-electron chi connectivity index (χ1n) is 5.40. The Morgan fingerprint density at radius 2 is 1.47 bits per heavy atom. The van der Waals surface area contributed by atoms with Gasteiger partial charge in [0.05, 0.1) is 0 Å². The van der Waals surface area contributed by atoms with Gasteiger partial charge in [-0.1, -0.05) is 53.4 Å². The van der Waals surface area contributed by atoms with Crippen molar-refractivity contribution in [3.63, 3.8) is 0 Å². The van der Waals surface area contributed by atoms with Crippen molar-refractivity contribution in [2.24, 2.45) is 0 Å². The van der Waals surface area contributed by atoms with E-state index in [2.05, 4.69) is 54.6 Å². The standard InChI is InChI=1S/C16H11.Y/c1-2-7-13(8-3-1)16-12-6-10-14-9-4-5-11-15(14)16;/h1-7,9-12H;/q-1;. The van der Waals surface area contributed by atoms with Crippen LogP contribution in [0, 0.1) is 6.07 Å². The molecular weight excluding hydrogens is 281 g/mol. The van der Waals surface area contributed by atoms with Crippen LogP contribution in [0.2, 0.25) is 0 Å². The van der Waals surface area contributed by atoms with Gasteiger partial charge < -0.3 is 0 Å². The van der Waals surface area contributed by atoms with Crippen LogP contribution in [0.4, 0.5) is 0 Å². The predicted octanol–water partition coefficient (Wildman–Crippen LogP) is 4.30. The summed E-state index contributed by atoms with van der Waals surface area (Å²) in [5.74, 6) is 0. The molecule has 0 aliphatic heterocycles. The van der Waals surface area contributed by atoms with Crippen LogP contribution in [0.25, 0.3) is 21.9 Å². The fourth-order valence-electron chi connectivity index (χ4n) is 2.02. The molecule has 0 aliphatic rings. The Hall–Kier alpha value is -0.976. The van der Waals surface area contributed by atoms with Crippen LogP contribution in [-0.2, 0) is 32.7 Å². The average molecular weight is 292 g/mol. The quantitative estimate of drug-likeness (QED) is 0.586. The predicted molar refractivity (Wildman–Crippen MR) is 68.2 cm³/mol. The molecule has 1 heteroatoms. The van der Waals surface area contributed by atoms with E-state index in [4.69, 9.17) is 0 Å². The zero-order valence-electron chi connectivity index (χ0n) is 9.43. The SMILES string of the molecule is [Y].[c-]1ccccc1-c1cccc2ccccc12. The molecule has 0 amide bonds. The molecule has 0 bridgehead atoms. The van der Waals surface area contributed by atoms with Gasteiger partial charge in [-0.05, 0) is 5.39 Å². The van der Waals surface area contributed by atoms with Gasteiger partial charge in [-0.15, -0.1) is 35.9 Å². The van der Waals surface area contributed by atoms with Gasteiger partial charge >= 0.3 is 0 Å². The Kier molecular flexibility index (Phi) is 4.09. The van der Waals surface area contributed by atoms with E-state index in [9.17, 15) is 0 Å². The van der Waals surface area contributed by atoms with Gasteiger partial charge in [0.1, 0.15) is 0 Å². The molecule has 79 valence electrons. The summed E-state index contributed by atoms with van der Waals surface area (Å²) < 4.78 is 0. The Labute approximate surface area is 127 Å². The summed E-state index contributed by atoms with van der Waals surface area (Å²) in [6, 6.07) is 26.2. The van der Waals surface area contributed by atoms with Gasteiger partial charge in [-0.3, -0.25) is 0 Å². The van der Waals surface area contributed by atoms with E-state index in [1.807, 2.05) is 18.2 Å². The number of benzene rings is 3. The minimum absolute atomic E-state index is 0. The Balaban J connectivity index is 0.00000108. The first-order chi connectivity index (χ1) is 7.95. The molecule has 0 saturated carbocycles. The third-order valence-electron chi connectivity index (χ3n) is 2.79. The first kappa shape index (κ1) is 12.5. The molecule has 0 atom stereocenters. The van der Waals surface area contributed by atoms with Gasteiger partial charge in [0.2, 0.25) is 0 Å². The van der Waals surface area contributed by atoms with E-state index < -0.39 is 0 Å². The molecule has 0 saturated heterocycles. The molecule has 0 heterocycles. The fraction of sp³-hybridized carbons (Fsp3) is 0. The minimum Gasteiger partial charge on any atom is -0.147 e. The van der Waals surface area contributed by atoms with E-state index in [1.54, 1.807) is 0 Å². The van der Waals surface area contributed by atoms with Gasteiger partial charge in [0, 0.05) is 32.7 Å². The van der Waals surface area contributed by atoms with Crippen molar-refractivity contribution in [3.05, 3.63) is 72.8 Å². The molecule has 3 aromatic carbocycles. The van der Waals surface area contributed by atoms with Crippen molar-refractivity contribution in [3.8, 4) is 11.1 Å². The van der Waals surface area contributed by atoms with Crippen molar-refractivity contribution in [1.29, 1.82) is 0 Å². The maximum Gasteiger partial charge on any atom is 0 e. The fourth-order valence-corrected chi connectivity index (χ4v) is 2.02. The van der Waals surface area contributed by atoms with Crippen molar-refractivity contribution >= 4 is 10.8 Å². The minimum atomic E-state index is 0. The van der Waals surface area contributed by atoms with Crippen LogP contribution >= 0.6 is 0 Å². The summed E-state index contributed by atoms with van der Waals surface area (Å²) in [5.41, 5.74) is 2.40. The van der Waals surface area contributed by atoms with Crippen LogP contribution in [0.3, 0.4) is 0 Å². The molecule has 0 fully saturated rings. The third kappa shape index (κ3) is 2.48. The Bertz CT molecular complexity index is 609. The largest absolute Gasteiger partial charge is 0.147 e. The second-order valence-corrected chi connectivity index (χ2v) is 3.80. The van der Waals surface area contributed by atoms with Gasteiger partial charge in [0.25, 0.3) is 0 Å². The van der Waals surface area contributed by atoms with E-state index in [0.717, 1.165) is 5.56 Å². The molecular formula is C16H11Y-. The van der Waals surface area contributed by atoms with Crippen molar-refractivity contribution in [1.82, 2.24) is 0 Å². The summed E-state index contributed by atoms with van der Waals surface area (Å²) in [7, 11) is 0. The summed E-state index contributed by atoms with van der Waals surface area (Å²) in [6.07, 6.45) is 0. The average Bonchev–Trinajstić information content (AvgIpc) is 2.39. The molecule has 3 aromatic rings. The molecule has 0 unspecified atom stereocenters. The number of hydrogen-bond acceptors (Lipinski definition) is 0. The van der Waals surface area contributed by atoms with Crippen LogP contribution < -0.4 is 0 Å². The number of fused-ring (bicyclic) bond motifs is 1. The number of hydrogen-bond donors (Lipinski definition) is 0. The van der Waals surface area contributed by atoms with Gasteiger partial charge in [-0.2, -0.15) is 0 Å². The van der Waals surface area contributed by atoms with Gasteiger partial charge in [-0.25, -0.2) is 0 Å². The first-order valence-corrected chi connectivity index (χ1v) is 5.40. The van der Waals surface area contributed by atoms with Crippen molar-refractivity contribution < 1.29 is 32.7 Å². The van der Waals surface area contributed by atoms with E-state index in [-0.39, 0.29) is 32.7 Å². The summed E-state index contributed by atoms with van der Waals surface area (Å²) in [5, 5.41) is 2.56. The van der Waals surface area contributed by atoms with Crippen LogP contribution in [0.1, 0.15) is 0 Å². The summed E-state index contributed by atoms with van der Waals surface area (Å²) in [6.45, 7) is 0. The topological polar surface area (TPSA) is 0 Å². The Morgan fingerprint density at radius 1 is 0.706 bits per heavy atom. The summed E-state index contributed by atoms with van der Waals surface area (Å²) in [4.78, 5) is 0. The van der Waals surface area contributed by atoms with Crippen LogP contribution in [0.15, 0.2) is 66.7 Å². The van der Waals surface area contributed by atoms with Gasteiger partial charge in [0.15, 0.2) is 0 Å². The number of rotatable bonds is 1. The van der Waals surface area contributed by atoms with Crippen molar-refractivity contribution in [2.45, 2.75) is 0 Å². The smallest absolute Gasteiger partial charge is 0 e. The Morgan fingerprint density at radius 3 is 2.29 bits per heavy atom. The van der Waals surface area contributed by atoms with E-state index in [1.165, 1.54) is 16.3 Å². The second kappa shape index (κ2) is 5.57. The van der Waals surface area contributed by atoms with Crippen molar-refractivity contribution in [2.75, 3.05) is 0 Å². The molecule has 0 aromatic heterocycles. The molecule has 0 aliphatic carbocycles. The normalized spacial score (nSPS) is 9.88. The van der Waals surface area contributed by atoms with Crippen LogP contribution in [-0.4, -0.2) is 0 Å². The maximum absolute atomic E-state index is 3.28. The molecule has 0 N–H and O–H groups in total. The molecule has 3 rings (SSSR count). The third-order valence-corrected chi connectivity index (χ3v) is 2.79. The molecule has 0 spiro atoms. The van der Waals surface area contributed by atoms with E-state index >= 15 is 0 Å². The molecule has 1 radical (unpaired) electrons. The zero-order chi connectivity index (χ0) is 10.8. The maximum atomic E-state index is 3.28. The second-order valence-electron chi connectivity index (χ2n) is 3.80. The zero-order valence-corrected chi connectivity index (χ0v) is 12.3. The molecule has 17 heavy (non-hydrogen) atoms. The summed E-state index contributed by atoms with van der Waals surface area (Å²) >= 11 is 0. The monoisotopic (exact) mass is 292 g/mol. The molecule has 0 nitrogen and oxygen atoms in total. The van der Waals surface area contributed by atoms with Crippen LogP contribution in [0.5, 0.6) is 0 Å².